The molecule has 6 heteroatoms. The van der Waals surface area contributed by atoms with Crippen molar-refractivity contribution in [2.45, 2.75) is 0 Å². The topological polar surface area (TPSA) is 83.5 Å². The third-order valence-electron chi connectivity index (χ3n) is 2.65. The minimum atomic E-state index is -3.78. The van der Waals surface area contributed by atoms with E-state index in [1.165, 1.54) is 24.3 Å². The number of hydrogen-bond donors (Lipinski definition) is 2. The average Bonchev–Trinajstić information content (AvgIpc) is 2.46. The van der Waals surface area contributed by atoms with Gasteiger partial charge in [-0.25, -0.2) is 13.2 Å². The first-order chi connectivity index (χ1) is 9.98. The number of carbonyl (C=O) groups is 1. The van der Waals surface area contributed by atoms with E-state index in [1.54, 1.807) is 30.3 Å². The number of anilines is 1. The molecule has 0 unspecified atom stereocenters. The Labute approximate surface area is 122 Å². The van der Waals surface area contributed by atoms with E-state index < -0.39 is 16.0 Å². The van der Waals surface area contributed by atoms with Gasteiger partial charge in [0.25, 0.3) is 10.0 Å². The maximum absolute atomic E-state index is 12.0. The first-order valence-corrected chi connectivity index (χ1v) is 7.61. The summed E-state index contributed by atoms with van der Waals surface area (Å²) in [5.41, 5.74) is 0.659. The molecule has 2 aromatic carbocycles. The predicted octanol–water partition coefficient (Wildman–Crippen LogP) is 2.80. The van der Waals surface area contributed by atoms with E-state index in [0.29, 0.717) is 0 Å². The first-order valence-electron chi connectivity index (χ1n) is 6.06. The molecule has 0 aliphatic heterocycles. The van der Waals surface area contributed by atoms with Crippen molar-refractivity contribution in [2.24, 2.45) is 0 Å². The van der Waals surface area contributed by atoms with Crippen LogP contribution in [0.2, 0.25) is 0 Å². The Morgan fingerprint density at radius 2 is 1.62 bits per heavy atom. The Bertz CT molecular complexity index is 767. The number of benzene rings is 2. The Kier molecular flexibility index (Phi) is 4.39. The zero-order chi connectivity index (χ0) is 15.3. The normalized spacial score (nSPS) is 11.4. The molecular formula is C15H13NO4S. The van der Waals surface area contributed by atoms with Crippen LogP contribution in [-0.4, -0.2) is 19.5 Å². The average molecular weight is 303 g/mol. The fraction of sp³-hybridized carbons (Fsp3) is 0. The number of aromatic carboxylic acids is 1. The van der Waals surface area contributed by atoms with Crippen LogP contribution in [0.15, 0.2) is 60.0 Å². The van der Waals surface area contributed by atoms with Crippen molar-refractivity contribution in [3.63, 3.8) is 0 Å². The van der Waals surface area contributed by atoms with Crippen LogP contribution in [0.5, 0.6) is 0 Å². The molecular weight excluding hydrogens is 290 g/mol. The van der Waals surface area contributed by atoms with E-state index in [9.17, 15) is 13.2 Å². The summed E-state index contributed by atoms with van der Waals surface area (Å²) in [6.07, 6.45) is 1.44. The van der Waals surface area contributed by atoms with Crippen molar-refractivity contribution in [1.82, 2.24) is 0 Å². The van der Waals surface area contributed by atoms with Crippen molar-refractivity contribution < 1.29 is 18.3 Å². The highest BCUT2D eigenvalue weighted by Gasteiger charge is 2.13. The molecule has 21 heavy (non-hydrogen) atoms. The lowest BCUT2D eigenvalue weighted by Gasteiger charge is -2.07. The molecule has 0 bridgehead atoms. The van der Waals surface area contributed by atoms with Crippen LogP contribution in [0.1, 0.15) is 15.9 Å². The highest BCUT2D eigenvalue weighted by Crippen LogP contribution is 2.17. The van der Waals surface area contributed by atoms with Gasteiger partial charge in [-0.05, 0) is 23.8 Å². The fourth-order valence-electron chi connectivity index (χ4n) is 1.68. The zero-order valence-electron chi connectivity index (χ0n) is 10.9. The number of hydrogen-bond acceptors (Lipinski definition) is 3. The lowest BCUT2D eigenvalue weighted by Crippen LogP contribution is -2.12. The van der Waals surface area contributed by atoms with E-state index in [1.807, 2.05) is 6.07 Å². The Balaban J connectivity index is 2.23. The molecule has 0 aliphatic carbocycles. The van der Waals surface area contributed by atoms with E-state index in [0.717, 1.165) is 11.0 Å². The van der Waals surface area contributed by atoms with Gasteiger partial charge < -0.3 is 5.11 Å². The molecule has 0 saturated heterocycles. The van der Waals surface area contributed by atoms with Gasteiger partial charge in [0.2, 0.25) is 0 Å². The van der Waals surface area contributed by atoms with Crippen molar-refractivity contribution in [3.8, 4) is 0 Å². The van der Waals surface area contributed by atoms with E-state index in [-0.39, 0.29) is 11.3 Å². The number of nitrogens with one attached hydrogen (secondary N) is 1. The summed E-state index contributed by atoms with van der Waals surface area (Å²) in [6, 6.07) is 14.8. The molecule has 0 heterocycles. The van der Waals surface area contributed by atoms with Gasteiger partial charge in [-0.2, -0.15) is 0 Å². The highest BCUT2D eigenvalue weighted by atomic mass is 32.2. The van der Waals surface area contributed by atoms with Crippen LogP contribution in [0.3, 0.4) is 0 Å². The van der Waals surface area contributed by atoms with Crippen molar-refractivity contribution in [1.29, 1.82) is 0 Å². The molecule has 0 amide bonds. The SMILES string of the molecule is O=C(O)c1ccccc1NS(=O)(=O)/C=C/c1ccccc1. The molecule has 0 atom stereocenters. The maximum Gasteiger partial charge on any atom is 0.337 e. The lowest BCUT2D eigenvalue weighted by atomic mass is 10.2. The largest absolute Gasteiger partial charge is 0.478 e. The molecule has 0 fully saturated rings. The summed E-state index contributed by atoms with van der Waals surface area (Å²) >= 11 is 0. The molecule has 0 aliphatic rings. The van der Waals surface area contributed by atoms with Crippen molar-refractivity contribution in [3.05, 3.63) is 71.1 Å². The standard InChI is InChI=1S/C15H13NO4S/c17-15(18)13-8-4-5-9-14(13)16-21(19,20)11-10-12-6-2-1-3-7-12/h1-11,16H,(H,17,18)/b11-10+. The molecule has 2 rings (SSSR count). The zero-order valence-corrected chi connectivity index (χ0v) is 11.7. The molecule has 0 radical (unpaired) electrons. The molecule has 0 aromatic heterocycles. The number of carboxylic acids is 1. The number of sulfonamides is 1. The van der Waals surface area contributed by atoms with Crippen LogP contribution in [-0.2, 0) is 10.0 Å². The van der Waals surface area contributed by atoms with Crippen LogP contribution in [0.4, 0.5) is 5.69 Å². The van der Waals surface area contributed by atoms with Gasteiger partial charge in [-0.15, -0.1) is 0 Å². The van der Waals surface area contributed by atoms with E-state index >= 15 is 0 Å². The van der Waals surface area contributed by atoms with Gasteiger partial charge in [-0.3, -0.25) is 4.72 Å². The minimum absolute atomic E-state index is 0.0303. The Hall–Kier alpha value is -2.60. The highest BCUT2D eigenvalue weighted by molar-refractivity contribution is 7.95. The number of para-hydroxylation sites is 1. The van der Waals surface area contributed by atoms with Crippen molar-refractivity contribution >= 4 is 27.8 Å². The van der Waals surface area contributed by atoms with Gasteiger partial charge in [0, 0.05) is 0 Å². The lowest BCUT2D eigenvalue weighted by molar-refractivity contribution is 0.0698. The number of rotatable bonds is 5. The monoisotopic (exact) mass is 303 g/mol. The summed E-state index contributed by atoms with van der Waals surface area (Å²) in [5, 5.41) is 10.0. The molecule has 5 nitrogen and oxygen atoms in total. The molecule has 2 N–H and O–H groups in total. The van der Waals surface area contributed by atoms with Gasteiger partial charge >= 0.3 is 5.97 Å². The van der Waals surface area contributed by atoms with Gasteiger partial charge in [-0.1, -0.05) is 42.5 Å². The molecule has 0 saturated carbocycles. The summed E-state index contributed by atoms with van der Waals surface area (Å²) in [4.78, 5) is 11.0. The van der Waals surface area contributed by atoms with Gasteiger partial charge in [0.05, 0.1) is 16.7 Å². The third kappa shape index (κ3) is 4.19. The Morgan fingerprint density at radius 3 is 2.29 bits per heavy atom. The maximum atomic E-state index is 12.0. The molecule has 108 valence electrons. The second kappa shape index (κ2) is 6.23. The van der Waals surface area contributed by atoms with Gasteiger partial charge in [0.15, 0.2) is 0 Å². The summed E-state index contributed by atoms with van der Waals surface area (Å²) < 4.78 is 26.2. The molecule has 0 spiro atoms. The van der Waals surface area contributed by atoms with Crippen LogP contribution in [0, 0.1) is 0 Å². The second-order valence-corrected chi connectivity index (χ2v) is 5.78. The van der Waals surface area contributed by atoms with Crippen LogP contribution < -0.4 is 4.72 Å². The summed E-state index contributed by atoms with van der Waals surface area (Å²) in [6.45, 7) is 0. The fourth-order valence-corrected chi connectivity index (χ4v) is 2.57. The van der Waals surface area contributed by atoms with E-state index in [2.05, 4.69) is 4.72 Å². The Morgan fingerprint density at radius 1 is 1.00 bits per heavy atom. The number of carboxylic acid groups (broad SMARTS) is 1. The third-order valence-corrected chi connectivity index (χ3v) is 3.65. The smallest absolute Gasteiger partial charge is 0.337 e. The quantitative estimate of drug-likeness (QED) is 0.889. The van der Waals surface area contributed by atoms with E-state index in [4.69, 9.17) is 5.11 Å². The summed E-state index contributed by atoms with van der Waals surface area (Å²) in [5.74, 6) is -1.19. The summed E-state index contributed by atoms with van der Waals surface area (Å²) in [7, 11) is -3.78. The molecule has 2 aromatic rings. The second-order valence-electron chi connectivity index (χ2n) is 4.21. The van der Waals surface area contributed by atoms with Crippen LogP contribution in [0.25, 0.3) is 6.08 Å². The first kappa shape index (κ1) is 14.8. The minimum Gasteiger partial charge on any atom is -0.478 e. The predicted molar refractivity (Wildman–Crippen MR) is 81.4 cm³/mol. The van der Waals surface area contributed by atoms with Gasteiger partial charge in [0.1, 0.15) is 0 Å². The van der Waals surface area contributed by atoms with Crippen molar-refractivity contribution in [2.75, 3.05) is 4.72 Å². The van der Waals surface area contributed by atoms with Crippen LogP contribution >= 0.6 is 0 Å².